The van der Waals surface area contributed by atoms with Crippen LogP contribution in [0.25, 0.3) is 11.0 Å². The van der Waals surface area contributed by atoms with Crippen LogP contribution in [0.5, 0.6) is 0 Å². The van der Waals surface area contributed by atoms with Crippen molar-refractivity contribution >= 4 is 22.5 Å². The first-order valence-corrected chi connectivity index (χ1v) is 7.55. The van der Waals surface area contributed by atoms with Crippen LogP contribution in [-0.4, -0.2) is 15.3 Å². The van der Waals surface area contributed by atoms with Crippen molar-refractivity contribution in [3.05, 3.63) is 59.9 Å². The van der Waals surface area contributed by atoms with Gasteiger partial charge in [0.15, 0.2) is 5.78 Å². The third kappa shape index (κ3) is 2.48. The number of imidazole rings is 1. The zero-order chi connectivity index (χ0) is 15.5. The first-order chi connectivity index (χ1) is 10.7. The monoisotopic (exact) mass is 293 g/mol. The molecule has 0 unspecified atom stereocenters. The minimum absolute atomic E-state index is 0.0792. The summed E-state index contributed by atoms with van der Waals surface area (Å²) >= 11 is 0. The Bertz CT molecular complexity index is 806. The van der Waals surface area contributed by atoms with Crippen LogP contribution in [0.3, 0.4) is 0 Å². The number of unbranched alkanes of at least 4 members (excludes halogenated alkanes) is 1. The molecule has 0 aliphatic carbocycles. The molecule has 0 spiro atoms. The molecule has 2 N–H and O–H groups in total. The van der Waals surface area contributed by atoms with Crippen molar-refractivity contribution in [1.82, 2.24) is 9.55 Å². The number of fused-ring (bicyclic) bond motifs is 1. The van der Waals surface area contributed by atoms with Crippen LogP contribution in [-0.2, 0) is 6.54 Å². The fraction of sp³-hybridized carbons (Fsp3) is 0.222. The zero-order valence-electron chi connectivity index (χ0n) is 12.6. The van der Waals surface area contributed by atoms with E-state index in [0.29, 0.717) is 22.3 Å². The van der Waals surface area contributed by atoms with Gasteiger partial charge in [0, 0.05) is 17.8 Å². The van der Waals surface area contributed by atoms with Gasteiger partial charge in [-0.05, 0) is 18.6 Å². The number of rotatable bonds is 5. The van der Waals surface area contributed by atoms with Crippen molar-refractivity contribution in [2.75, 3.05) is 5.73 Å². The molecule has 4 nitrogen and oxygen atoms in total. The van der Waals surface area contributed by atoms with E-state index in [4.69, 9.17) is 5.73 Å². The Morgan fingerprint density at radius 1 is 1.18 bits per heavy atom. The minimum atomic E-state index is -0.0792. The van der Waals surface area contributed by atoms with E-state index in [1.807, 2.05) is 24.3 Å². The highest BCUT2D eigenvalue weighted by Gasteiger charge is 2.18. The summed E-state index contributed by atoms with van der Waals surface area (Å²) in [6.07, 6.45) is 3.99. The second kappa shape index (κ2) is 6.02. The Morgan fingerprint density at radius 2 is 1.95 bits per heavy atom. The summed E-state index contributed by atoms with van der Waals surface area (Å²) in [4.78, 5) is 17.2. The van der Waals surface area contributed by atoms with E-state index in [1.54, 1.807) is 24.5 Å². The number of hydrogen-bond donors (Lipinski definition) is 1. The van der Waals surface area contributed by atoms with Gasteiger partial charge in [0.25, 0.3) is 0 Å². The molecule has 2 aromatic carbocycles. The summed E-state index contributed by atoms with van der Waals surface area (Å²) < 4.78 is 2.08. The van der Waals surface area contributed by atoms with Crippen molar-refractivity contribution in [2.24, 2.45) is 0 Å². The number of nitrogen functional groups attached to an aromatic ring is 1. The maximum absolute atomic E-state index is 12.8. The molecule has 0 fully saturated rings. The maximum atomic E-state index is 12.8. The maximum Gasteiger partial charge on any atom is 0.197 e. The fourth-order valence-electron chi connectivity index (χ4n) is 2.63. The Hall–Kier alpha value is -2.62. The van der Waals surface area contributed by atoms with Gasteiger partial charge < -0.3 is 10.3 Å². The summed E-state index contributed by atoms with van der Waals surface area (Å²) in [6.45, 7) is 3.05. The number of hydrogen-bond acceptors (Lipinski definition) is 3. The van der Waals surface area contributed by atoms with Crippen LogP contribution in [0.15, 0.2) is 48.8 Å². The van der Waals surface area contributed by atoms with Crippen molar-refractivity contribution < 1.29 is 4.79 Å². The van der Waals surface area contributed by atoms with Crippen molar-refractivity contribution in [2.45, 2.75) is 26.3 Å². The van der Waals surface area contributed by atoms with Gasteiger partial charge in [-0.15, -0.1) is 0 Å². The smallest absolute Gasteiger partial charge is 0.197 e. The molecule has 0 saturated carbocycles. The second-order valence-electron chi connectivity index (χ2n) is 5.38. The van der Waals surface area contributed by atoms with Crippen molar-refractivity contribution in [1.29, 1.82) is 0 Å². The summed E-state index contributed by atoms with van der Waals surface area (Å²) in [5.41, 5.74) is 9.31. The molecular formula is C18H19N3O. The molecule has 1 heterocycles. The Balaban J connectivity index is 2.11. The molecule has 1 aromatic heterocycles. The SMILES string of the molecule is CCCCn1cnc2c(C(=O)c3ccccc3)c(N)ccc21. The molecule has 3 rings (SSSR count). The Morgan fingerprint density at radius 3 is 2.68 bits per heavy atom. The van der Waals surface area contributed by atoms with Gasteiger partial charge in [-0.3, -0.25) is 4.79 Å². The molecule has 0 aliphatic heterocycles. The quantitative estimate of drug-likeness (QED) is 0.577. The lowest BCUT2D eigenvalue weighted by Crippen LogP contribution is -2.06. The van der Waals surface area contributed by atoms with Crippen molar-refractivity contribution in [3.8, 4) is 0 Å². The summed E-state index contributed by atoms with van der Waals surface area (Å²) in [7, 11) is 0. The average molecular weight is 293 g/mol. The van der Waals surface area contributed by atoms with Crippen LogP contribution in [0.2, 0.25) is 0 Å². The average Bonchev–Trinajstić information content (AvgIpc) is 2.96. The summed E-state index contributed by atoms with van der Waals surface area (Å²) in [5.74, 6) is -0.0792. The lowest BCUT2D eigenvalue weighted by molar-refractivity contribution is 0.104. The molecule has 4 heteroatoms. The van der Waals surface area contributed by atoms with Crippen LogP contribution >= 0.6 is 0 Å². The van der Waals surface area contributed by atoms with E-state index in [9.17, 15) is 4.79 Å². The molecule has 112 valence electrons. The van der Waals surface area contributed by atoms with Gasteiger partial charge in [-0.2, -0.15) is 0 Å². The van der Waals surface area contributed by atoms with Gasteiger partial charge >= 0.3 is 0 Å². The lowest BCUT2D eigenvalue weighted by atomic mass is 10.0. The molecule has 0 amide bonds. The fourth-order valence-corrected chi connectivity index (χ4v) is 2.63. The van der Waals surface area contributed by atoms with Crippen LogP contribution in [0.4, 0.5) is 5.69 Å². The largest absolute Gasteiger partial charge is 0.398 e. The number of carbonyl (C=O) groups excluding carboxylic acids is 1. The van der Waals surface area contributed by atoms with Gasteiger partial charge in [-0.25, -0.2) is 4.98 Å². The molecule has 0 saturated heterocycles. The molecule has 0 radical (unpaired) electrons. The summed E-state index contributed by atoms with van der Waals surface area (Å²) in [6, 6.07) is 12.9. The minimum Gasteiger partial charge on any atom is -0.398 e. The Labute approximate surface area is 129 Å². The number of nitrogens with zero attached hydrogens (tertiary/aromatic N) is 2. The number of ketones is 1. The standard InChI is InChI=1S/C18H19N3O/c1-2-3-11-21-12-20-17-15(21)10-9-14(19)16(17)18(22)13-7-5-4-6-8-13/h4-10,12H,2-3,11,19H2,1H3. The van der Waals surface area contributed by atoms with Gasteiger partial charge in [0.1, 0.15) is 5.52 Å². The van der Waals surface area contributed by atoms with E-state index in [1.165, 1.54) is 0 Å². The highest BCUT2D eigenvalue weighted by Crippen LogP contribution is 2.26. The first kappa shape index (κ1) is 14.3. The third-order valence-electron chi connectivity index (χ3n) is 3.84. The van der Waals surface area contributed by atoms with E-state index < -0.39 is 0 Å². The van der Waals surface area contributed by atoms with E-state index in [-0.39, 0.29) is 5.78 Å². The highest BCUT2D eigenvalue weighted by molar-refractivity contribution is 6.18. The number of anilines is 1. The van der Waals surface area contributed by atoms with Gasteiger partial charge in [0.2, 0.25) is 0 Å². The molecule has 0 aliphatic rings. The van der Waals surface area contributed by atoms with E-state index in [0.717, 1.165) is 24.9 Å². The topological polar surface area (TPSA) is 60.9 Å². The molecule has 0 atom stereocenters. The number of benzene rings is 2. The molecule has 22 heavy (non-hydrogen) atoms. The highest BCUT2D eigenvalue weighted by atomic mass is 16.1. The van der Waals surface area contributed by atoms with Crippen LogP contribution in [0, 0.1) is 0 Å². The lowest BCUT2D eigenvalue weighted by Gasteiger charge is -2.08. The number of aryl methyl sites for hydroxylation is 1. The number of aromatic nitrogens is 2. The van der Waals surface area contributed by atoms with Crippen LogP contribution < -0.4 is 5.73 Å². The molecular weight excluding hydrogens is 274 g/mol. The number of carbonyl (C=O) groups is 1. The molecule has 0 bridgehead atoms. The number of nitrogens with two attached hydrogens (primary N) is 1. The zero-order valence-corrected chi connectivity index (χ0v) is 12.6. The van der Waals surface area contributed by atoms with Gasteiger partial charge in [0.05, 0.1) is 17.4 Å². The predicted molar refractivity (Wildman–Crippen MR) is 88.9 cm³/mol. The molecule has 3 aromatic rings. The van der Waals surface area contributed by atoms with Gasteiger partial charge in [-0.1, -0.05) is 43.7 Å². The van der Waals surface area contributed by atoms with E-state index in [2.05, 4.69) is 16.5 Å². The second-order valence-corrected chi connectivity index (χ2v) is 5.38. The van der Waals surface area contributed by atoms with Crippen LogP contribution in [0.1, 0.15) is 35.7 Å². The Kier molecular flexibility index (Phi) is 3.92. The normalized spacial score (nSPS) is 11.0. The third-order valence-corrected chi connectivity index (χ3v) is 3.84. The van der Waals surface area contributed by atoms with Crippen molar-refractivity contribution in [3.63, 3.8) is 0 Å². The van der Waals surface area contributed by atoms with E-state index >= 15 is 0 Å². The summed E-state index contributed by atoms with van der Waals surface area (Å²) in [5, 5.41) is 0. The predicted octanol–water partition coefficient (Wildman–Crippen LogP) is 3.65. The first-order valence-electron chi connectivity index (χ1n) is 7.55.